The first-order valence-electron chi connectivity index (χ1n) is 10.9. The molecule has 1 aromatic heterocycles. The van der Waals surface area contributed by atoms with Crippen molar-refractivity contribution in [2.45, 2.75) is 52.0 Å². The van der Waals surface area contributed by atoms with E-state index in [1.807, 2.05) is 24.8 Å². The molecule has 2 amide bonds. The van der Waals surface area contributed by atoms with Crippen LogP contribution in [0.1, 0.15) is 50.3 Å². The van der Waals surface area contributed by atoms with Crippen LogP contribution in [0.25, 0.3) is 10.9 Å². The van der Waals surface area contributed by atoms with Gasteiger partial charge in [-0.25, -0.2) is 0 Å². The molecular weight excluding hydrogens is 394 g/mol. The summed E-state index contributed by atoms with van der Waals surface area (Å²) in [7, 11) is 0. The molecule has 1 N–H and O–H groups in total. The highest BCUT2D eigenvalue weighted by Gasteiger charge is 2.38. The van der Waals surface area contributed by atoms with Crippen LogP contribution in [0, 0.1) is 6.92 Å². The maximum absolute atomic E-state index is 13.3. The van der Waals surface area contributed by atoms with Crippen LogP contribution in [0.4, 0.5) is 0 Å². The maximum Gasteiger partial charge on any atom is 0.250 e. The molecular formula is C24H31N3O2S. The van der Waals surface area contributed by atoms with Gasteiger partial charge in [0.25, 0.3) is 5.91 Å². The lowest BCUT2D eigenvalue weighted by atomic mass is 9.87. The number of aromatic nitrogens is 1. The minimum Gasteiger partial charge on any atom is -0.358 e. The minimum atomic E-state index is -0.325. The molecule has 30 heavy (non-hydrogen) atoms. The summed E-state index contributed by atoms with van der Waals surface area (Å²) in [5, 5.41) is 1.31. The highest BCUT2D eigenvalue weighted by atomic mass is 32.2. The second kappa shape index (κ2) is 8.88. The van der Waals surface area contributed by atoms with E-state index in [0.29, 0.717) is 17.5 Å². The van der Waals surface area contributed by atoms with Gasteiger partial charge in [-0.2, -0.15) is 0 Å². The number of aryl methyl sites for hydroxylation is 1. The van der Waals surface area contributed by atoms with Gasteiger partial charge in [-0.15, -0.1) is 11.8 Å². The third-order valence-corrected chi connectivity index (χ3v) is 7.45. The molecule has 0 radical (unpaired) electrons. The van der Waals surface area contributed by atoms with E-state index >= 15 is 0 Å². The second-order valence-electron chi connectivity index (χ2n) is 8.39. The smallest absolute Gasteiger partial charge is 0.250 e. The summed E-state index contributed by atoms with van der Waals surface area (Å²) < 4.78 is 0. The van der Waals surface area contributed by atoms with Crippen molar-refractivity contribution >= 4 is 34.5 Å². The third-order valence-electron chi connectivity index (χ3n) is 6.43. The van der Waals surface area contributed by atoms with Crippen LogP contribution in [0.15, 0.2) is 35.9 Å². The van der Waals surface area contributed by atoms with Gasteiger partial charge in [-0.1, -0.05) is 31.2 Å². The molecule has 4 rings (SSSR count). The zero-order valence-electron chi connectivity index (χ0n) is 18.1. The van der Waals surface area contributed by atoms with E-state index in [2.05, 4.69) is 36.2 Å². The number of nitrogens with one attached hydrogen (secondary N) is 1. The van der Waals surface area contributed by atoms with Crippen molar-refractivity contribution in [2.75, 3.05) is 24.7 Å². The van der Waals surface area contributed by atoms with Crippen LogP contribution in [0.2, 0.25) is 0 Å². The van der Waals surface area contributed by atoms with Crippen molar-refractivity contribution in [1.82, 2.24) is 14.8 Å². The monoisotopic (exact) mass is 425 g/mol. The standard InChI is InChI=1S/C24H31N3O2S/c1-4-7-16(2)23(28)27-15-30-14-21(27)24(29)26-12-10-18(11-13-26)22-17(3)25-20-9-6-5-8-19(20)22/h5-9,18,21,25H,4,10-15H2,1-3H3. The first kappa shape index (κ1) is 21.0. The molecule has 0 aliphatic carbocycles. The predicted octanol–water partition coefficient (Wildman–Crippen LogP) is 4.44. The van der Waals surface area contributed by atoms with Gasteiger partial charge in [-0.3, -0.25) is 9.59 Å². The lowest BCUT2D eigenvalue weighted by Crippen LogP contribution is -2.51. The fourth-order valence-electron chi connectivity index (χ4n) is 4.89. The number of carbonyl (C=O) groups is 2. The van der Waals surface area contributed by atoms with E-state index in [1.165, 1.54) is 22.2 Å². The Balaban J connectivity index is 1.43. The number of piperidine rings is 1. The molecule has 160 valence electrons. The molecule has 2 fully saturated rings. The molecule has 5 nitrogen and oxygen atoms in total. The largest absolute Gasteiger partial charge is 0.358 e. The molecule has 3 heterocycles. The highest BCUT2D eigenvalue weighted by molar-refractivity contribution is 7.99. The number of para-hydroxylation sites is 1. The number of allylic oxidation sites excluding steroid dienone is 1. The van der Waals surface area contributed by atoms with E-state index in [4.69, 9.17) is 0 Å². The molecule has 6 heteroatoms. The summed E-state index contributed by atoms with van der Waals surface area (Å²) >= 11 is 1.67. The van der Waals surface area contributed by atoms with E-state index in [9.17, 15) is 9.59 Å². The zero-order valence-corrected chi connectivity index (χ0v) is 18.9. The van der Waals surface area contributed by atoms with Gasteiger partial charge >= 0.3 is 0 Å². The predicted molar refractivity (Wildman–Crippen MR) is 124 cm³/mol. The summed E-state index contributed by atoms with van der Waals surface area (Å²) in [6.07, 6.45) is 4.72. The lowest BCUT2D eigenvalue weighted by Gasteiger charge is -2.35. The molecule has 0 spiro atoms. The summed E-state index contributed by atoms with van der Waals surface area (Å²) in [5.41, 5.74) is 4.58. The highest BCUT2D eigenvalue weighted by Crippen LogP contribution is 2.36. The molecule has 1 aromatic carbocycles. The number of H-pyrrole nitrogens is 1. The average molecular weight is 426 g/mol. The van der Waals surface area contributed by atoms with Crippen molar-refractivity contribution in [3.05, 3.63) is 47.2 Å². The van der Waals surface area contributed by atoms with Gasteiger partial charge in [-0.05, 0) is 50.7 Å². The Morgan fingerprint density at radius 2 is 1.97 bits per heavy atom. The van der Waals surface area contributed by atoms with Gasteiger partial charge in [0.1, 0.15) is 6.04 Å². The number of amides is 2. The van der Waals surface area contributed by atoms with E-state index in [-0.39, 0.29) is 17.9 Å². The summed E-state index contributed by atoms with van der Waals surface area (Å²) in [6, 6.07) is 8.15. The van der Waals surface area contributed by atoms with Crippen LogP contribution in [0.3, 0.4) is 0 Å². The molecule has 0 saturated carbocycles. The molecule has 2 aromatic rings. The number of thioether (sulfide) groups is 1. The number of aromatic amines is 1. The van der Waals surface area contributed by atoms with Crippen molar-refractivity contribution in [2.24, 2.45) is 0 Å². The third kappa shape index (κ3) is 3.89. The molecule has 2 saturated heterocycles. The Morgan fingerprint density at radius 3 is 2.70 bits per heavy atom. The fraction of sp³-hybridized carbons (Fsp3) is 0.500. The van der Waals surface area contributed by atoms with Gasteiger partial charge < -0.3 is 14.8 Å². The first-order valence-corrected chi connectivity index (χ1v) is 12.1. The van der Waals surface area contributed by atoms with Crippen molar-refractivity contribution < 1.29 is 9.59 Å². The average Bonchev–Trinajstić information content (AvgIpc) is 3.37. The number of rotatable bonds is 4. The van der Waals surface area contributed by atoms with E-state index < -0.39 is 0 Å². The normalized spacial score (nSPS) is 20.9. The number of fused-ring (bicyclic) bond motifs is 1. The Bertz CT molecular complexity index is 972. The number of hydrogen-bond acceptors (Lipinski definition) is 3. The SMILES string of the molecule is CCC=C(C)C(=O)N1CSCC1C(=O)N1CCC(c2c(C)[nH]c3ccccc23)CC1. The summed E-state index contributed by atoms with van der Waals surface area (Å²) in [6.45, 7) is 7.55. The summed E-state index contributed by atoms with van der Waals surface area (Å²) in [5.74, 6) is 1.90. The van der Waals surface area contributed by atoms with Gasteiger partial charge in [0.05, 0.1) is 5.88 Å². The van der Waals surface area contributed by atoms with Gasteiger partial charge in [0.2, 0.25) is 5.91 Å². The van der Waals surface area contributed by atoms with Crippen molar-refractivity contribution in [3.63, 3.8) is 0 Å². The molecule has 1 unspecified atom stereocenters. The van der Waals surface area contributed by atoms with Gasteiger partial charge in [0, 0.05) is 41.0 Å². The van der Waals surface area contributed by atoms with Crippen LogP contribution >= 0.6 is 11.8 Å². The summed E-state index contributed by atoms with van der Waals surface area (Å²) in [4.78, 5) is 33.3. The number of likely N-dealkylation sites (tertiary alicyclic amines) is 1. The van der Waals surface area contributed by atoms with E-state index in [0.717, 1.165) is 37.9 Å². The second-order valence-corrected chi connectivity index (χ2v) is 9.39. The van der Waals surface area contributed by atoms with Crippen LogP contribution in [-0.4, -0.2) is 57.4 Å². The van der Waals surface area contributed by atoms with Crippen LogP contribution in [-0.2, 0) is 9.59 Å². The molecule has 2 aliphatic heterocycles. The fourth-order valence-corrected chi connectivity index (χ4v) is 6.04. The van der Waals surface area contributed by atoms with Crippen LogP contribution in [0.5, 0.6) is 0 Å². The Kier molecular flexibility index (Phi) is 6.23. The Labute approximate surface area is 182 Å². The number of benzene rings is 1. The van der Waals surface area contributed by atoms with Crippen molar-refractivity contribution in [3.8, 4) is 0 Å². The Hall–Kier alpha value is -2.21. The quantitative estimate of drug-likeness (QED) is 0.737. The lowest BCUT2D eigenvalue weighted by molar-refractivity contribution is -0.142. The number of hydrogen-bond donors (Lipinski definition) is 1. The topological polar surface area (TPSA) is 56.4 Å². The van der Waals surface area contributed by atoms with Crippen LogP contribution < -0.4 is 0 Å². The molecule has 1 atom stereocenters. The number of nitrogens with zero attached hydrogens (tertiary/aromatic N) is 2. The zero-order chi connectivity index (χ0) is 21.3. The minimum absolute atomic E-state index is 0.00417. The van der Waals surface area contributed by atoms with Crippen molar-refractivity contribution in [1.29, 1.82) is 0 Å². The van der Waals surface area contributed by atoms with E-state index in [1.54, 1.807) is 16.7 Å². The van der Waals surface area contributed by atoms with Gasteiger partial charge in [0.15, 0.2) is 0 Å². The molecule has 2 aliphatic rings. The number of carbonyl (C=O) groups excluding carboxylic acids is 2. The maximum atomic E-state index is 13.3. The Morgan fingerprint density at radius 1 is 1.23 bits per heavy atom. The molecule has 0 bridgehead atoms. The first-order chi connectivity index (χ1) is 14.5.